The van der Waals surface area contributed by atoms with E-state index in [-0.39, 0.29) is 37.8 Å². The molecule has 8 heteroatoms. The molecule has 1 unspecified atom stereocenters. The Labute approximate surface area is 134 Å². The molecule has 1 aromatic rings. The van der Waals surface area contributed by atoms with Gasteiger partial charge in [0.25, 0.3) is 5.92 Å². The first-order valence-corrected chi connectivity index (χ1v) is 8.27. The SMILES string of the molecule is O=C(C1CCCN(CCn2ccnn2)C1)N1CCC(F)(F)CC1. The van der Waals surface area contributed by atoms with E-state index >= 15 is 0 Å². The predicted molar refractivity (Wildman–Crippen MR) is 79.9 cm³/mol. The fraction of sp³-hybridized carbons (Fsp3) is 0.800. The van der Waals surface area contributed by atoms with Crippen molar-refractivity contribution in [1.29, 1.82) is 0 Å². The molecule has 1 amide bonds. The Morgan fingerprint density at radius 3 is 2.70 bits per heavy atom. The smallest absolute Gasteiger partial charge is 0.251 e. The lowest BCUT2D eigenvalue weighted by atomic mass is 9.95. The second-order valence-corrected chi connectivity index (χ2v) is 6.49. The molecular formula is C15H23F2N5O. The molecule has 0 aromatic carbocycles. The van der Waals surface area contributed by atoms with E-state index < -0.39 is 5.92 Å². The van der Waals surface area contributed by atoms with Crippen molar-refractivity contribution in [3.63, 3.8) is 0 Å². The van der Waals surface area contributed by atoms with Crippen LogP contribution in [0.15, 0.2) is 12.4 Å². The molecule has 3 heterocycles. The van der Waals surface area contributed by atoms with Gasteiger partial charge in [0.15, 0.2) is 0 Å². The van der Waals surface area contributed by atoms with E-state index in [0.29, 0.717) is 6.54 Å². The Hall–Kier alpha value is -1.57. The molecule has 0 radical (unpaired) electrons. The van der Waals surface area contributed by atoms with Gasteiger partial charge in [-0.15, -0.1) is 5.10 Å². The first-order valence-electron chi connectivity index (χ1n) is 8.27. The van der Waals surface area contributed by atoms with Crippen LogP contribution in [0.25, 0.3) is 0 Å². The third-order valence-electron chi connectivity index (χ3n) is 4.78. The van der Waals surface area contributed by atoms with E-state index in [4.69, 9.17) is 0 Å². The number of halogens is 2. The van der Waals surface area contributed by atoms with Gasteiger partial charge in [0.1, 0.15) is 0 Å². The average Bonchev–Trinajstić information content (AvgIpc) is 3.06. The molecule has 0 N–H and O–H groups in total. The molecule has 0 saturated carbocycles. The minimum atomic E-state index is -2.60. The van der Waals surface area contributed by atoms with E-state index in [1.807, 2.05) is 6.20 Å². The monoisotopic (exact) mass is 327 g/mol. The molecule has 23 heavy (non-hydrogen) atoms. The molecule has 2 aliphatic heterocycles. The Bertz CT molecular complexity index is 512. The van der Waals surface area contributed by atoms with Crippen LogP contribution in [0.3, 0.4) is 0 Å². The van der Waals surface area contributed by atoms with Gasteiger partial charge in [-0.25, -0.2) is 8.78 Å². The van der Waals surface area contributed by atoms with Crippen molar-refractivity contribution < 1.29 is 13.6 Å². The summed E-state index contributed by atoms with van der Waals surface area (Å²) < 4.78 is 28.2. The molecule has 128 valence electrons. The molecule has 2 fully saturated rings. The van der Waals surface area contributed by atoms with Crippen molar-refractivity contribution in [1.82, 2.24) is 24.8 Å². The highest BCUT2D eigenvalue weighted by Crippen LogP contribution is 2.29. The van der Waals surface area contributed by atoms with Crippen molar-refractivity contribution in [3.05, 3.63) is 12.4 Å². The topological polar surface area (TPSA) is 54.3 Å². The van der Waals surface area contributed by atoms with E-state index in [1.165, 1.54) is 0 Å². The van der Waals surface area contributed by atoms with Crippen LogP contribution in [0, 0.1) is 5.92 Å². The quantitative estimate of drug-likeness (QED) is 0.835. The Kier molecular flexibility index (Phi) is 4.89. The van der Waals surface area contributed by atoms with Crippen LogP contribution in [0.1, 0.15) is 25.7 Å². The number of carbonyl (C=O) groups excluding carboxylic acids is 1. The second kappa shape index (κ2) is 6.90. The minimum absolute atomic E-state index is 0.0472. The summed E-state index contributed by atoms with van der Waals surface area (Å²) in [6.45, 7) is 3.61. The number of amides is 1. The molecule has 6 nitrogen and oxygen atoms in total. The molecule has 1 atom stereocenters. The summed E-state index contributed by atoms with van der Waals surface area (Å²) in [6, 6.07) is 0. The minimum Gasteiger partial charge on any atom is -0.342 e. The highest BCUT2D eigenvalue weighted by atomic mass is 19.3. The lowest BCUT2D eigenvalue weighted by Crippen LogP contribution is -2.49. The standard InChI is InChI=1S/C15H23F2N5O/c16-15(17)3-7-21(8-4-15)14(23)13-2-1-6-20(12-13)10-11-22-9-5-18-19-22/h5,9,13H,1-4,6-8,10-12H2. The van der Waals surface area contributed by atoms with Gasteiger partial charge >= 0.3 is 0 Å². The number of hydrogen-bond acceptors (Lipinski definition) is 4. The average molecular weight is 327 g/mol. The van der Waals surface area contributed by atoms with Crippen molar-refractivity contribution in [2.75, 3.05) is 32.7 Å². The van der Waals surface area contributed by atoms with Crippen LogP contribution < -0.4 is 0 Å². The van der Waals surface area contributed by atoms with Gasteiger partial charge in [-0.3, -0.25) is 9.48 Å². The Balaban J connectivity index is 1.48. The Morgan fingerprint density at radius 1 is 1.22 bits per heavy atom. The molecule has 3 rings (SSSR count). The van der Waals surface area contributed by atoms with Gasteiger partial charge < -0.3 is 9.80 Å². The zero-order valence-corrected chi connectivity index (χ0v) is 13.2. The van der Waals surface area contributed by atoms with E-state index in [1.54, 1.807) is 15.8 Å². The summed E-state index contributed by atoms with van der Waals surface area (Å²) in [5, 5.41) is 7.71. The number of likely N-dealkylation sites (tertiary alicyclic amines) is 2. The van der Waals surface area contributed by atoms with Gasteiger partial charge in [-0.2, -0.15) is 0 Å². The van der Waals surface area contributed by atoms with E-state index in [2.05, 4.69) is 15.2 Å². The van der Waals surface area contributed by atoms with Gasteiger partial charge in [-0.05, 0) is 19.4 Å². The number of hydrogen-bond donors (Lipinski definition) is 0. The summed E-state index contributed by atoms with van der Waals surface area (Å²) in [5.41, 5.74) is 0. The fourth-order valence-electron chi connectivity index (χ4n) is 3.37. The zero-order chi connectivity index (χ0) is 16.3. The molecular weight excluding hydrogens is 304 g/mol. The number of alkyl halides is 2. The number of rotatable bonds is 4. The largest absolute Gasteiger partial charge is 0.342 e. The number of piperidine rings is 2. The number of nitrogens with zero attached hydrogens (tertiary/aromatic N) is 5. The Morgan fingerprint density at radius 2 is 2.00 bits per heavy atom. The first kappa shape index (κ1) is 16.3. The number of carbonyl (C=O) groups is 1. The van der Waals surface area contributed by atoms with Crippen LogP contribution in [0.4, 0.5) is 8.78 Å². The van der Waals surface area contributed by atoms with Crippen LogP contribution in [0.5, 0.6) is 0 Å². The lowest BCUT2D eigenvalue weighted by molar-refractivity contribution is -0.143. The summed E-state index contributed by atoms with van der Waals surface area (Å²) >= 11 is 0. The maximum Gasteiger partial charge on any atom is 0.251 e. The zero-order valence-electron chi connectivity index (χ0n) is 13.2. The second-order valence-electron chi connectivity index (χ2n) is 6.49. The summed E-state index contributed by atoms with van der Waals surface area (Å²) in [5.74, 6) is -2.62. The maximum atomic E-state index is 13.2. The predicted octanol–water partition coefficient (Wildman–Crippen LogP) is 1.25. The maximum absolute atomic E-state index is 13.2. The summed E-state index contributed by atoms with van der Waals surface area (Å²) in [7, 11) is 0. The van der Waals surface area contributed by atoms with Crippen LogP contribution in [-0.4, -0.2) is 69.3 Å². The molecule has 2 aliphatic rings. The normalized spacial score (nSPS) is 25.5. The van der Waals surface area contributed by atoms with Crippen molar-refractivity contribution >= 4 is 5.91 Å². The van der Waals surface area contributed by atoms with Crippen LogP contribution >= 0.6 is 0 Å². The third kappa shape index (κ3) is 4.25. The first-order chi connectivity index (χ1) is 11.0. The molecule has 2 saturated heterocycles. The summed E-state index contributed by atoms with van der Waals surface area (Å²) in [6.07, 6.45) is 4.88. The van der Waals surface area contributed by atoms with Gasteiger partial charge in [0, 0.05) is 45.2 Å². The van der Waals surface area contributed by atoms with Gasteiger partial charge in [0.2, 0.25) is 5.91 Å². The lowest BCUT2D eigenvalue weighted by Gasteiger charge is -2.37. The summed E-state index contributed by atoms with van der Waals surface area (Å²) in [4.78, 5) is 16.5. The van der Waals surface area contributed by atoms with Gasteiger partial charge in [0.05, 0.1) is 18.7 Å². The van der Waals surface area contributed by atoms with E-state index in [9.17, 15) is 13.6 Å². The van der Waals surface area contributed by atoms with Gasteiger partial charge in [-0.1, -0.05) is 5.21 Å². The molecule has 0 bridgehead atoms. The van der Waals surface area contributed by atoms with Crippen LogP contribution in [-0.2, 0) is 11.3 Å². The molecule has 0 aliphatic carbocycles. The van der Waals surface area contributed by atoms with Crippen molar-refractivity contribution in [2.24, 2.45) is 5.92 Å². The third-order valence-corrected chi connectivity index (χ3v) is 4.78. The highest BCUT2D eigenvalue weighted by molar-refractivity contribution is 5.79. The van der Waals surface area contributed by atoms with Crippen molar-refractivity contribution in [2.45, 2.75) is 38.2 Å². The van der Waals surface area contributed by atoms with Crippen LogP contribution in [0.2, 0.25) is 0 Å². The molecule has 1 aromatic heterocycles. The molecule has 0 spiro atoms. The highest BCUT2D eigenvalue weighted by Gasteiger charge is 2.38. The number of aromatic nitrogens is 3. The van der Waals surface area contributed by atoms with Crippen molar-refractivity contribution in [3.8, 4) is 0 Å². The van der Waals surface area contributed by atoms with E-state index in [0.717, 1.165) is 32.5 Å². The fourth-order valence-corrected chi connectivity index (χ4v) is 3.37.